The number of aliphatic carboxylic acids is 1. The highest BCUT2D eigenvalue weighted by molar-refractivity contribution is 5.96. The highest BCUT2D eigenvalue weighted by Crippen LogP contribution is 2.11. The smallest absolute Gasteiger partial charge is 0.326 e. The van der Waals surface area contributed by atoms with Crippen LogP contribution < -0.4 is 5.32 Å². The van der Waals surface area contributed by atoms with Gasteiger partial charge in [-0.25, -0.2) is 4.79 Å². The van der Waals surface area contributed by atoms with Crippen molar-refractivity contribution in [3.8, 4) is 6.07 Å². The van der Waals surface area contributed by atoms with E-state index < -0.39 is 17.9 Å². The summed E-state index contributed by atoms with van der Waals surface area (Å²) < 4.78 is 0. The summed E-state index contributed by atoms with van der Waals surface area (Å²) in [6.45, 7) is 0. The number of nitriles is 1. The van der Waals surface area contributed by atoms with Crippen molar-refractivity contribution in [3.05, 3.63) is 65.5 Å². The van der Waals surface area contributed by atoms with E-state index in [4.69, 9.17) is 5.26 Å². The number of amides is 1. The highest BCUT2D eigenvalue weighted by atomic mass is 16.4. The monoisotopic (exact) mass is 295 g/mol. The lowest BCUT2D eigenvalue weighted by Gasteiger charge is -2.15. The first-order valence-electron chi connectivity index (χ1n) is 6.53. The van der Waals surface area contributed by atoms with Crippen molar-refractivity contribution < 1.29 is 14.7 Å². The van der Waals surface area contributed by atoms with Crippen LogP contribution in [0.15, 0.2) is 48.8 Å². The number of aromatic nitrogens is 1. The summed E-state index contributed by atoms with van der Waals surface area (Å²) in [4.78, 5) is 27.2. The standard InChI is InChI=1S/C16H13N3O3/c17-10-13-4-2-1-3-12(13)9-14(16(21)22)19-15(20)11-5-7-18-8-6-11/h1-8,14H,9H2,(H,19,20)(H,21,22)/t14-/m0/s1. The van der Waals surface area contributed by atoms with Crippen LogP contribution in [0, 0.1) is 11.3 Å². The molecule has 0 saturated carbocycles. The van der Waals surface area contributed by atoms with Crippen LogP contribution in [0.5, 0.6) is 0 Å². The molecule has 2 aromatic rings. The van der Waals surface area contributed by atoms with Crippen molar-refractivity contribution in [3.63, 3.8) is 0 Å². The summed E-state index contributed by atoms with van der Waals surface area (Å²) in [5.41, 5.74) is 1.30. The second-order valence-electron chi connectivity index (χ2n) is 4.57. The summed E-state index contributed by atoms with van der Waals surface area (Å²) >= 11 is 0. The summed E-state index contributed by atoms with van der Waals surface area (Å²) in [6, 6.07) is 10.6. The van der Waals surface area contributed by atoms with Crippen molar-refractivity contribution in [2.45, 2.75) is 12.5 Å². The number of benzene rings is 1. The number of rotatable bonds is 5. The fourth-order valence-electron chi connectivity index (χ4n) is 1.97. The van der Waals surface area contributed by atoms with Crippen LogP contribution in [0.2, 0.25) is 0 Å². The third-order valence-corrected chi connectivity index (χ3v) is 3.11. The first-order valence-corrected chi connectivity index (χ1v) is 6.53. The zero-order chi connectivity index (χ0) is 15.9. The van der Waals surface area contributed by atoms with Crippen LogP contribution in [0.3, 0.4) is 0 Å². The van der Waals surface area contributed by atoms with Crippen molar-refractivity contribution in [1.82, 2.24) is 10.3 Å². The molecule has 0 spiro atoms. The normalized spacial score (nSPS) is 11.2. The maximum absolute atomic E-state index is 12.0. The Kier molecular flexibility index (Phi) is 4.83. The molecule has 0 fully saturated rings. The van der Waals surface area contributed by atoms with Crippen molar-refractivity contribution in [1.29, 1.82) is 5.26 Å². The maximum atomic E-state index is 12.0. The van der Waals surface area contributed by atoms with Crippen LogP contribution >= 0.6 is 0 Å². The molecule has 0 bridgehead atoms. The van der Waals surface area contributed by atoms with Gasteiger partial charge in [0, 0.05) is 24.4 Å². The van der Waals surface area contributed by atoms with E-state index in [9.17, 15) is 14.7 Å². The van der Waals surface area contributed by atoms with Gasteiger partial charge in [0.2, 0.25) is 0 Å². The van der Waals surface area contributed by atoms with E-state index in [2.05, 4.69) is 10.3 Å². The van der Waals surface area contributed by atoms with Gasteiger partial charge in [-0.15, -0.1) is 0 Å². The molecule has 1 atom stereocenters. The molecule has 0 aliphatic heterocycles. The fraction of sp³-hybridized carbons (Fsp3) is 0.125. The van der Waals surface area contributed by atoms with Gasteiger partial charge in [0.05, 0.1) is 11.6 Å². The van der Waals surface area contributed by atoms with Crippen LogP contribution in [-0.4, -0.2) is 28.0 Å². The molecular formula is C16H13N3O3. The van der Waals surface area contributed by atoms with Gasteiger partial charge >= 0.3 is 5.97 Å². The lowest BCUT2D eigenvalue weighted by Crippen LogP contribution is -2.42. The number of hydrogen-bond acceptors (Lipinski definition) is 4. The molecule has 1 amide bonds. The molecule has 110 valence electrons. The summed E-state index contributed by atoms with van der Waals surface area (Å²) in [5, 5.41) is 20.8. The lowest BCUT2D eigenvalue weighted by atomic mass is 10.0. The number of carboxylic acids is 1. The quantitative estimate of drug-likeness (QED) is 0.867. The lowest BCUT2D eigenvalue weighted by molar-refractivity contribution is -0.139. The van der Waals surface area contributed by atoms with Crippen molar-refractivity contribution in [2.75, 3.05) is 0 Å². The minimum atomic E-state index is -1.16. The van der Waals surface area contributed by atoms with E-state index in [1.54, 1.807) is 24.3 Å². The van der Waals surface area contributed by atoms with E-state index in [1.807, 2.05) is 6.07 Å². The minimum absolute atomic E-state index is 0.0376. The van der Waals surface area contributed by atoms with Crippen molar-refractivity contribution >= 4 is 11.9 Å². The zero-order valence-electron chi connectivity index (χ0n) is 11.6. The average molecular weight is 295 g/mol. The van der Waals surface area contributed by atoms with Gasteiger partial charge < -0.3 is 10.4 Å². The topological polar surface area (TPSA) is 103 Å². The Balaban J connectivity index is 2.16. The van der Waals surface area contributed by atoms with Crippen LogP contribution in [0.1, 0.15) is 21.5 Å². The van der Waals surface area contributed by atoms with Gasteiger partial charge in [-0.05, 0) is 23.8 Å². The molecule has 0 unspecified atom stereocenters. The number of nitrogens with zero attached hydrogens (tertiary/aromatic N) is 2. The molecule has 6 nitrogen and oxygen atoms in total. The van der Waals surface area contributed by atoms with E-state index in [0.717, 1.165) is 0 Å². The van der Waals surface area contributed by atoms with E-state index in [-0.39, 0.29) is 6.42 Å². The molecule has 6 heteroatoms. The predicted octanol–water partition coefficient (Wildman–Crippen LogP) is 1.38. The Morgan fingerprint density at radius 2 is 1.91 bits per heavy atom. The molecule has 1 aromatic carbocycles. The third-order valence-electron chi connectivity index (χ3n) is 3.11. The van der Waals surface area contributed by atoms with E-state index in [1.165, 1.54) is 24.5 Å². The van der Waals surface area contributed by atoms with Gasteiger partial charge in [0.25, 0.3) is 5.91 Å². The Labute approximate surface area is 127 Å². The van der Waals surface area contributed by atoms with Gasteiger partial charge in [0.15, 0.2) is 0 Å². The van der Waals surface area contributed by atoms with E-state index >= 15 is 0 Å². The van der Waals surface area contributed by atoms with E-state index in [0.29, 0.717) is 16.7 Å². The third kappa shape index (κ3) is 3.67. The summed E-state index contributed by atoms with van der Waals surface area (Å²) in [5.74, 6) is -1.65. The Bertz CT molecular complexity index is 723. The molecule has 0 aliphatic rings. The summed E-state index contributed by atoms with van der Waals surface area (Å²) in [7, 11) is 0. The maximum Gasteiger partial charge on any atom is 0.326 e. The number of carbonyl (C=O) groups excluding carboxylic acids is 1. The first kappa shape index (κ1) is 15.2. The minimum Gasteiger partial charge on any atom is -0.480 e. The van der Waals surface area contributed by atoms with Gasteiger partial charge in [-0.2, -0.15) is 5.26 Å². The second kappa shape index (κ2) is 6.99. The van der Waals surface area contributed by atoms with Crippen molar-refractivity contribution in [2.24, 2.45) is 0 Å². The molecule has 22 heavy (non-hydrogen) atoms. The van der Waals surface area contributed by atoms with Crippen LogP contribution in [-0.2, 0) is 11.2 Å². The number of carbonyl (C=O) groups is 2. The zero-order valence-corrected chi connectivity index (χ0v) is 11.6. The fourth-order valence-corrected chi connectivity index (χ4v) is 1.97. The molecule has 0 radical (unpaired) electrons. The van der Waals surface area contributed by atoms with Gasteiger partial charge in [-0.3, -0.25) is 9.78 Å². The second-order valence-corrected chi connectivity index (χ2v) is 4.57. The SMILES string of the molecule is N#Cc1ccccc1C[C@H](NC(=O)c1ccncc1)C(=O)O. The number of nitrogens with one attached hydrogen (secondary N) is 1. The number of pyridine rings is 1. The molecule has 1 aromatic heterocycles. The van der Waals surface area contributed by atoms with Gasteiger partial charge in [-0.1, -0.05) is 18.2 Å². The largest absolute Gasteiger partial charge is 0.480 e. The first-order chi connectivity index (χ1) is 10.6. The molecule has 1 heterocycles. The molecule has 2 N–H and O–H groups in total. The Morgan fingerprint density at radius 1 is 1.23 bits per heavy atom. The molecule has 0 aliphatic carbocycles. The molecule has 2 rings (SSSR count). The van der Waals surface area contributed by atoms with Crippen LogP contribution in [0.25, 0.3) is 0 Å². The molecular weight excluding hydrogens is 282 g/mol. The highest BCUT2D eigenvalue weighted by Gasteiger charge is 2.22. The Hall–Kier alpha value is -3.20. The Morgan fingerprint density at radius 3 is 2.55 bits per heavy atom. The molecule has 0 saturated heterocycles. The summed E-state index contributed by atoms with van der Waals surface area (Å²) in [6.07, 6.45) is 2.95. The number of carboxylic acid groups (broad SMARTS) is 1. The van der Waals surface area contributed by atoms with Crippen LogP contribution in [0.4, 0.5) is 0 Å². The predicted molar refractivity (Wildman–Crippen MR) is 78.0 cm³/mol. The average Bonchev–Trinajstić information content (AvgIpc) is 2.55. The number of hydrogen-bond donors (Lipinski definition) is 2. The van der Waals surface area contributed by atoms with Gasteiger partial charge in [0.1, 0.15) is 6.04 Å².